The Morgan fingerprint density at radius 2 is 1.62 bits per heavy atom. The SMILES string of the molecule is CC1(C)C(N)C(C)(C)C1NC(=O)C1(c2ccccc2)CC1. The van der Waals surface area contributed by atoms with Gasteiger partial charge in [-0.25, -0.2) is 0 Å². The fourth-order valence-corrected chi connectivity index (χ4v) is 4.35. The molecule has 3 heteroatoms. The van der Waals surface area contributed by atoms with Crippen LogP contribution >= 0.6 is 0 Å². The Morgan fingerprint density at radius 1 is 1.10 bits per heavy atom. The molecule has 2 aliphatic carbocycles. The van der Waals surface area contributed by atoms with Gasteiger partial charge in [-0.15, -0.1) is 0 Å². The van der Waals surface area contributed by atoms with Crippen molar-refractivity contribution in [3.8, 4) is 0 Å². The molecular formula is C18H26N2O. The number of hydrogen-bond donors (Lipinski definition) is 2. The summed E-state index contributed by atoms with van der Waals surface area (Å²) in [5, 5.41) is 3.31. The zero-order chi connectivity index (χ0) is 15.5. The minimum Gasteiger partial charge on any atom is -0.351 e. The average molecular weight is 286 g/mol. The molecule has 21 heavy (non-hydrogen) atoms. The number of nitrogens with two attached hydrogens (primary N) is 1. The minimum absolute atomic E-state index is 0.0497. The van der Waals surface area contributed by atoms with E-state index < -0.39 is 0 Å². The summed E-state index contributed by atoms with van der Waals surface area (Å²) in [6.45, 7) is 8.60. The van der Waals surface area contributed by atoms with Crippen molar-refractivity contribution >= 4 is 5.91 Å². The Kier molecular flexibility index (Phi) is 3.00. The molecule has 0 saturated heterocycles. The Bertz CT molecular complexity index is 542. The molecule has 3 N–H and O–H groups in total. The van der Waals surface area contributed by atoms with Gasteiger partial charge >= 0.3 is 0 Å². The molecule has 0 bridgehead atoms. The molecule has 0 spiro atoms. The van der Waals surface area contributed by atoms with Gasteiger partial charge in [0.05, 0.1) is 5.41 Å². The van der Waals surface area contributed by atoms with E-state index in [2.05, 4.69) is 45.1 Å². The number of amides is 1. The van der Waals surface area contributed by atoms with Crippen molar-refractivity contribution in [1.29, 1.82) is 0 Å². The number of carbonyl (C=O) groups excluding carboxylic acids is 1. The van der Waals surface area contributed by atoms with Crippen LogP contribution in [0.3, 0.4) is 0 Å². The second kappa shape index (κ2) is 4.33. The molecule has 1 aromatic rings. The molecule has 0 radical (unpaired) electrons. The van der Waals surface area contributed by atoms with E-state index in [1.165, 1.54) is 0 Å². The van der Waals surface area contributed by atoms with Crippen LogP contribution in [0, 0.1) is 10.8 Å². The Hall–Kier alpha value is -1.35. The number of hydrogen-bond acceptors (Lipinski definition) is 2. The van der Waals surface area contributed by atoms with E-state index >= 15 is 0 Å². The van der Waals surface area contributed by atoms with Crippen molar-refractivity contribution in [2.45, 2.75) is 58.0 Å². The molecule has 0 unspecified atom stereocenters. The number of benzene rings is 1. The summed E-state index contributed by atoms with van der Waals surface area (Å²) >= 11 is 0. The number of nitrogens with one attached hydrogen (secondary N) is 1. The van der Waals surface area contributed by atoms with Gasteiger partial charge in [0.25, 0.3) is 0 Å². The lowest BCUT2D eigenvalue weighted by atomic mass is 9.48. The standard InChI is InChI=1S/C18H26N2O/c1-16(2)13(19)17(3,4)14(16)20-15(21)18(10-11-18)12-8-6-5-7-9-12/h5-9,13-14H,10-11,19H2,1-4H3,(H,20,21). The summed E-state index contributed by atoms with van der Waals surface area (Å²) in [5.74, 6) is 0.173. The maximum atomic E-state index is 12.9. The quantitative estimate of drug-likeness (QED) is 0.897. The highest BCUT2D eigenvalue weighted by molar-refractivity contribution is 5.91. The normalized spacial score (nSPS) is 31.1. The summed E-state index contributed by atoms with van der Waals surface area (Å²) in [7, 11) is 0. The highest BCUT2D eigenvalue weighted by Crippen LogP contribution is 2.54. The maximum absolute atomic E-state index is 12.9. The van der Waals surface area contributed by atoms with Crippen LogP contribution in [-0.4, -0.2) is 18.0 Å². The van der Waals surface area contributed by atoms with Crippen molar-refractivity contribution in [2.75, 3.05) is 0 Å². The van der Waals surface area contributed by atoms with E-state index in [0.29, 0.717) is 0 Å². The first-order valence-electron chi connectivity index (χ1n) is 7.85. The van der Waals surface area contributed by atoms with E-state index in [-0.39, 0.29) is 34.2 Å². The highest BCUT2D eigenvalue weighted by Gasteiger charge is 2.62. The molecule has 2 aliphatic rings. The zero-order valence-electron chi connectivity index (χ0n) is 13.4. The van der Waals surface area contributed by atoms with E-state index in [9.17, 15) is 4.79 Å². The summed E-state index contributed by atoms with van der Waals surface area (Å²) < 4.78 is 0. The predicted molar refractivity (Wildman–Crippen MR) is 84.8 cm³/mol. The van der Waals surface area contributed by atoms with Crippen molar-refractivity contribution in [3.63, 3.8) is 0 Å². The molecule has 1 aromatic carbocycles. The largest absolute Gasteiger partial charge is 0.351 e. The first kappa shape index (κ1) is 14.6. The lowest BCUT2D eigenvalue weighted by molar-refractivity contribution is -0.134. The zero-order valence-corrected chi connectivity index (χ0v) is 13.4. The van der Waals surface area contributed by atoms with Gasteiger partial charge in [0, 0.05) is 22.9 Å². The molecule has 2 fully saturated rings. The molecule has 2 saturated carbocycles. The van der Waals surface area contributed by atoms with Crippen molar-refractivity contribution in [3.05, 3.63) is 35.9 Å². The third-order valence-corrected chi connectivity index (χ3v) is 5.88. The van der Waals surface area contributed by atoms with Crippen molar-refractivity contribution in [2.24, 2.45) is 16.6 Å². The molecule has 0 heterocycles. The summed E-state index contributed by atoms with van der Waals surface area (Å²) in [6.07, 6.45) is 1.89. The Balaban J connectivity index is 1.79. The summed E-state index contributed by atoms with van der Waals surface area (Å²) in [6, 6.07) is 10.4. The van der Waals surface area contributed by atoms with Crippen LogP contribution in [0.1, 0.15) is 46.1 Å². The van der Waals surface area contributed by atoms with Gasteiger partial charge in [-0.1, -0.05) is 58.0 Å². The van der Waals surface area contributed by atoms with Gasteiger partial charge in [0.1, 0.15) is 0 Å². The van der Waals surface area contributed by atoms with Crippen LogP contribution in [0.15, 0.2) is 30.3 Å². The number of rotatable bonds is 3. The van der Waals surface area contributed by atoms with Gasteiger partial charge in [-0.3, -0.25) is 4.79 Å². The molecule has 0 aromatic heterocycles. The lowest BCUT2D eigenvalue weighted by Gasteiger charge is -2.63. The Morgan fingerprint density at radius 3 is 2.10 bits per heavy atom. The average Bonchev–Trinajstić information content (AvgIpc) is 3.26. The van der Waals surface area contributed by atoms with Gasteiger partial charge in [0.15, 0.2) is 0 Å². The van der Waals surface area contributed by atoms with Crippen LogP contribution < -0.4 is 11.1 Å². The van der Waals surface area contributed by atoms with Crippen molar-refractivity contribution < 1.29 is 4.79 Å². The monoisotopic (exact) mass is 286 g/mol. The molecule has 1 amide bonds. The second-order valence-electron chi connectivity index (χ2n) is 7.98. The minimum atomic E-state index is -0.299. The molecule has 3 nitrogen and oxygen atoms in total. The van der Waals surface area contributed by atoms with Crippen LogP contribution in [0.4, 0.5) is 0 Å². The topological polar surface area (TPSA) is 55.1 Å². The smallest absolute Gasteiger partial charge is 0.230 e. The molecule has 0 aliphatic heterocycles. The second-order valence-corrected chi connectivity index (χ2v) is 7.98. The van der Waals surface area contributed by atoms with Crippen LogP contribution in [0.5, 0.6) is 0 Å². The van der Waals surface area contributed by atoms with Gasteiger partial charge in [-0.2, -0.15) is 0 Å². The van der Waals surface area contributed by atoms with E-state index in [1.54, 1.807) is 0 Å². The lowest BCUT2D eigenvalue weighted by Crippen LogP contribution is -2.76. The van der Waals surface area contributed by atoms with Crippen LogP contribution in [0.2, 0.25) is 0 Å². The predicted octanol–water partition coefficient (Wildman–Crippen LogP) is 2.60. The van der Waals surface area contributed by atoms with Crippen molar-refractivity contribution in [1.82, 2.24) is 5.32 Å². The third kappa shape index (κ3) is 1.94. The van der Waals surface area contributed by atoms with Crippen LogP contribution in [0.25, 0.3) is 0 Å². The molecule has 114 valence electrons. The van der Waals surface area contributed by atoms with Crippen LogP contribution in [-0.2, 0) is 10.2 Å². The molecule has 3 rings (SSSR count). The van der Waals surface area contributed by atoms with Gasteiger partial charge < -0.3 is 11.1 Å². The fraction of sp³-hybridized carbons (Fsp3) is 0.611. The molecule has 0 atom stereocenters. The first-order valence-corrected chi connectivity index (χ1v) is 7.85. The summed E-state index contributed by atoms with van der Waals surface area (Å²) in [5.41, 5.74) is 7.03. The van der Waals surface area contributed by atoms with E-state index in [4.69, 9.17) is 5.73 Å². The third-order valence-electron chi connectivity index (χ3n) is 5.88. The maximum Gasteiger partial charge on any atom is 0.230 e. The number of carbonyl (C=O) groups is 1. The first-order chi connectivity index (χ1) is 9.73. The fourth-order valence-electron chi connectivity index (χ4n) is 4.35. The van der Waals surface area contributed by atoms with Gasteiger partial charge in [-0.05, 0) is 18.4 Å². The van der Waals surface area contributed by atoms with Gasteiger partial charge in [0.2, 0.25) is 5.91 Å². The highest BCUT2D eigenvalue weighted by atomic mass is 16.2. The summed E-state index contributed by atoms with van der Waals surface area (Å²) in [4.78, 5) is 12.9. The van der Waals surface area contributed by atoms with E-state index in [1.807, 2.05) is 18.2 Å². The van der Waals surface area contributed by atoms with E-state index in [0.717, 1.165) is 18.4 Å². The Labute approximate surface area is 127 Å². The molecular weight excluding hydrogens is 260 g/mol.